The Morgan fingerprint density at radius 2 is 1.37 bits per heavy atom. The lowest BCUT2D eigenvalue weighted by atomic mass is 10.2. The van der Waals surface area contributed by atoms with Gasteiger partial charge < -0.3 is 9.13 Å². The summed E-state index contributed by atoms with van der Waals surface area (Å²) in [5.41, 5.74) is 6.21. The molecule has 0 bridgehead atoms. The van der Waals surface area contributed by atoms with Crippen molar-refractivity contribution in [1.29, 1.82) is 0 Å². The Hall–Kier alpha value is -3.40. The molecule has 0 aliphatic carbocycles. The first-order valence-corrected chi connectivity index (χ1v) is 8.94. The smallest absolute Gasteiger partial charge is 0.140 e. The van der Waals surface area contributed by atoms with E-state index in [1.807, 2.05) is 62.6 Å². The zero-order chi connectivity index (χ0) is 19.0. The molecule has 4 rings (SSSR count). The molecule has 134 valence electrons. The lowest BCUT2D eigenvalue weighted by Crippen LogP contribution is -1.95. The van der Waals surface area contributed by atoms with Crippen LogP contribution < -0.4 is 0 Å². The fourth-order valence-corrected chi connectivity index (χ4v) is 3.39. The molecule has 2 aromatic carbocycles. The van der Waals surface area contributed by atoms with Crippen LogP contribution in [-0.2, 0) is 14.1 Å². The van der Waals surface area contributed by atoms with Crippen molar-refractivity contribution in [2.24, 2.45) is 14.1 Å². The maximum Gasteiger partial charge on any atom is 0.140 e. The minimum absolute atomic E-state index is 0.876. The number of fused-ring (bicyclic) bond motifs is 2. The van der Waals surface area contributed by atoms with Crippen LogP contribution in [0.25, 0.3) is 33.2 Å². The van der Waals surface area contributed by atoms with Crippen LogP contribution in [0.15, 0.2) is 73.3 Å². The molecule has 4 heteroatoms. The monoisotopic (exact) mass is 354 g/mol. The van der Waals surface area contributed by atoms with Crippen molar-refractivity contribution in [3.8, 4) is 0 Å². The first kappa shape index (κ1) is 17.0. The van der Waals surface area contributed by atoms with Gasteiger partial charge in [0.25, 0.3) is 0 Å². The highest BCUT2D eigenvalue weighted by atomic mass is 15.1. The Kier molecular flexibility index (Phi) is 4.24. The number of hydrogen-bond donors (Lipinski definition) is 0. The number of aromatic nitrogens is 4. The number of benzene rings is 2. The van der Waals surface area contributed by atoms with Crippen LogP contribution in [0.5, 0.6) is 0 Å². The molecule has 2 aromatic heterocycles. The van der Waals surface area contributed by atoms with Gasteiger partial charge in [-0.2, -0.15) is 0 Å². The third-order valence-corrected chi connectivity index (χ3v) is 4.86. The second-order valence-corrected chi connectivity index (χ2v) is 6.70. The lowest BCUT2D eigenvalue weighted by molar-refractivity contribution is 0.920. The van der Waals surface area contributed by atoms with Crippen molar-refractivity contribution in [2.75, 3.05) is 0 Å². The van der Waals surface area contributed by atoms with Crippen molar-refractivity contribution in [3.05, 3.63) is 85.0 Å². The van der Waals surface area contributed by atoms with E-state index in [-0.39, 0.29) is 0 Å². The molecule has 0 unspecified atom stereocenters. The molecule has 27 heavy (non-hydrogen) atoms. The van der Waals surface area contributed by atoms with Crippen LogP contribution in [0, 0.1) is 0 Å². The van der Waals surface area contributed by atoms with Crippen molar-refractivity contribution in [2.45, 2.75) is 6.92 Å². The molecular weight excluding hydrogens is 332 g/mol. The second kappa shape index (κ2) is 6.72. The molecule has 0 spiro atoms. The minimum Gasteiger partial charge on any atom is -0.327 e. The van der Waals surface area contributed by atoms with Gasteiger partial charge in [0.2, 0.25) is 0 Å². The van der Waals surface area contributed by atoms with E-state index in [0.29, 0.717) is 0 Å². The highest BCUT2D eigenvalue weighted by Gasteiger charge is 2.09. The predicted octanol–water partition coefficient (Wildman–Crippen LogP) is 5.13. The summed E-state index contributed by atoms with van der Waals surface area (Å²) >= 11 is 0. The third kappa shape index (κ3) is 2.99. The van der Waals surface area contributed by atoms with Gasteiger partial charge in [-0.3, -0.25) is 0 Å². The Morgan fingerprint density at radius 3 is 1.96 bits per heavy atom. The average Bonchev–Trinajstić information content (AvgIpc) is 3.20. The van der Waals surface area contributed by atoms with E-state index in [4.69, 9.17) is 4.98 Å². The summed E-state index contributed by atoms with van der Waals surface area (Å²) < 4.78 is 4.19. The van der Waals surface area contributed by atoms with E-state index >= 15 is 0 Å². The van der Waals surface area contributed by atoms with E-state index in [1.54, 1.807) is 0 Å². The van der Waals surface area contributed by atoms with E-state index in [2.05, 4.69) is 45.8 Å². The topological polar surface area (TPSA) is 35.6 Å². The maximum atomic E-state index is 4.73. The van der Waals surface area contributed by atoms with E-state index in [9.17, 15) is 0 Å². The Bertz CT molecular complexity index is 1220. The SMILES string of the molecule is C=C(/C=C\C=C(/C)c1nc2ccccc2n1C)c1nc2ccccc2n1C. The molecule has 0 N–H and O–H groups in total. The molecule has 0 radical (unpaired) electrons. The summed E-state index contributed by atoms with van der Waals surface area (Å²) in [6.45, 7) is 6.26. The average molecular weight is 354 g/mol. The zero-order valence-corrected chi connectivity index (χ0v) is 15.8. The summed E-state index contributed by atoms with van der Waals surface area (Å²) in [4.78, 5) is 9.42. The summed E-state index contributed by atoms with van der Waals surface area (Å²) in [5.74, 6) is 1.84. The quantitative estimate of drug-likeness (QED) is 0.476. The van der Waals surface area contributed by atoms with Crippen LogP contribution in [0.2, 0.25) is 0 Å². The Balaban J connectivity index is 1.60. The number of nitrogens with zero attached hydrogens (tertiary/aromatic N) is 4. The Morgan fingerprint density at radius 1 is 0.852 bits per heavy atom. The summed E-state index contributed by atoms with van der Waals surface area (Å²) in [5, 5.41) is 0. The standard InChI is InChI=1S/C23H22N4/c1-16(22-24-18-12-5-7-14-20(18)26(22)3)10-9-11-17(2)23-25-19-13-6-8-15-21(19)27(23)4/h5-15H,1H2,2-4H3/b10-9-,17-11+. The first-order valence-electron chi connectivity index (χ1n) is 8.94. The number of aryl methyl sites for hydroxylation is 2. The van der Waals surface area contributed by atoms with Crippen molar-refractivity contribution in [1.82, 2.24) is 19.1 Å². The largest absolute Gasteiger partial charge is 0.327 e. The molecule has 0 aliphatic heterocycles. The van der Waals surface area contributed by atoms with Crippen molar-refractivity contribution >= 4 is 33.2 Å². The maximum absolute atomic E-state index is 4.73. The fourth-order valence-electron chi connectivity index (χ4n) is 3.39. The van der Waals surface area contributed by atoms with Gasteiger partial charge in [0.1, 0.15) is 11.6 Å². The normalized spacial score (nSPS) is 12.5. The third-order valence-electron chi connectivity index (χ3n) is 4.86. The van der Waals surface area contributed by atoms with E-state index < -0.39 is 0 Å². The summed E-state index contributed by atoms with van der Waals surface area (Å²) in [6, 6.07) is 16.3. The summed E-state index contributed by atoms with van der Waals surface area (Å²) in [6.07, 6.45) is 6.07. The van der Waals surface area contributed by atoms with E-state index in [1.165, 1.54) is 0 Å². The zero-order valence-electron chi connectivity index (χ0n) is 15.8. The van der Waals surface area contributed by atoms with Gasteiger partial charge in [0.05, 0.1) is 22.1 Å². The molecule has 0 amide bonds. The van der Waals surface area contributed by atoms with E-state index in [0.717, 1.165) is 44.9 Å². The van der Waals surface area contributed by atoms with Crippen molar-refractivity contribution in [3.63, 3.8) is 0 Å². The number of imidazole rings is 2. The first-order chi connectivity index (χ1) is 13.1. The minimum atomic E-state index is 0.876. The van der Waals surface area contributed by atoms with Crippen LogP contribution in [0.4, 0.5) is 0 Å². The highest BCUT2D eigenvalue weighted by molar-refractivity contribution is 5.82. The van der Waals surface area contributed by atoms with Crippen LogP contribution in [-0.4, -0.2) is 19.1 Å². The molecular formula is C23H22N4. The molecule has 0 fully saturated rings. The summed E-state index contributed by atoms with van der Waals surface area (Å²) in [7, 11) is 4.06. The second-order valence-electron chi connectivity index (χ2n) is 6.70. The lowest BCUT2D eigenvalue weighted by Gasteiger charge is -2.02. The number of para-hydroxylation sites is 4. The van der Waals surface area contributed by atoms with Crippen molar-refractivity contribution < 1.29 is 0 Å². The molecule has 2 heterocycles. The van der Waals surface area contributed by atoms with Crippen LogP contribution in [0.1, 0.15) is 18.6 Å². The van der Waals surface area contributed by atoms with Gasteiger partial charge in [0, 0.05) is 19.7 Å². The Labute approximate surface area is 158 Å². The molecule has 4 nitrogen and oxygen atoms in total. The molecule has 0 saturated carbocycles. The molecule has 4 aromatic rings. The molecule has 0 atom stereocenters. The molecule has 0 saturated heterocycles. The molecule has 0 aliphatic rings. The fraction of sp³-hybridized carbons (Fsp3) is 0.130. The van der Waals surface area contributed by atoms with Gasteiger partial charge in [-0.05, 0) is 36.8 Å². The number of allylic oxidation sites excluding steroid dienone is 5. The van der Waals surface area contributed by atoms with Gasteiger partial charge >= 0.3 is 0 Å². The predicted molar refractivity (Wildman–Crippen MR) is 113 cm³/mol. The van der Waals surface area contributed by atoms with Gasteiger partial charge in [-0.25, -0.2) is 9.97 Å². The van der Waals surface area contributed by atoms with Gasteiger partial charge in [-0.15, -0.1) is 0 Å². The highest BCUT2D eigenvalue weighted by Crippen LogP contribution is 2.22. The number of hydrogen-bond acceptors (Lipinski definition) is 2. The van der Waals surface area contributed by atoms with Crippen LogP contribution >= 0.6 is 0 Å². The van der Waals surface area contributed by atoms with Crippen LogP contribution in [0.3, 0.4) is 0 Å². The van der Waals surface area contributed by atoms with Gasteiger partial charge in [-0.1, -0.05) is 49.1 Å². The van der Waals surface area contributed by atoms with Gasteiger partial charge in [0.15, 0.2) is 0 Å². The number of rotatable bonds is 4.